The van der Waals surface area contributed by atoms with Gasteiger partial charge in [0.1, 0.15) is 11.5 Å². The van der Waals surface area contributed by atoms with E-state index < -0.39 is 29.1 Å². The zero-order valence-electron chi connectivity index (χ0n) is 10.9. The molecule has 0 heterocycles. The molecule has 0 radical (unpaired) electrons. The maximum absolute atomic E-state index is 12.0. The van der Waals surface area contributed by atoms with Gasteiger partial charge in [0.25, 0.3) is 5.91 Å². The number of rotatable bonds is 3. The molecular formula is C14H11NO7. The fourth-order valence-corrected chi connectivity index (χ4v) is 1.76. The quantitative estimate of drug-likeness (QED) is 0.371. The lowest BCUT2D eigenvalue weighted by molar-refractivity contribution is 0.0697. The van der Waals surface area contributed by atoms with Crippen molar-refractivity contribution >= 4 is 17.6 Å². The van der Waals surface area contributed by atoms with E-state index in [9.17, 15) is 30.0 Å². The van der Waals surface area contributed by atoms with Crippen LogP contribution in [0.5, 0.6) is 23.0 Å². The highest BCUT2D eigenvalue weighted by Gasteiger charge is 2.18. The average molecular weight is 305 g/mol. The topological polar surface area (TPSA) is 147 Å². The van der Waals surface area contributed by atoms with Crippen molar-refractivity contribution < 1.29 is 35.1 Å². The molecule has 0 aliphatic carbocycles. The van der Waals surface area contributed by atoms with Gasteiger partial charge in [0.05, 0.1) is 16.8 Å². The molecule has 0 atom stereocenters. The minimum absolute atomic E-state index is 0.109. The summed E-state index contributed by atoms with van der Waals surface area (Å²) >= 11 is 0. The molecule has 0 unspecified atom stereocenters. The number of carbonyl (C=O) groups is 2. The molecule has 1 amide bonds. The van der Waals surface area contributed by atoms with Gasteiger partial charge in [-0.25, -0.2) is 4.79 Å². The molecule has 0 saturated heterocycles. The predicted octanol–water partition coefficient (Wildman–Crippen LogP) is 1.46. The van der Waals surface area contributed by atoms with Crippen molar-refractivity contribution in [2.75, 3.05) is 5.32 Å². The van der Waals surface area contributed by atoms with Crippen LogP contribution >= 0.6 is 0 Å². The first-order chi connectivity index (χ1) is 10.3. The largest absolute Gasteiger partial charge is 0.508 e. The zero-order valence-corrected chi connectivity index (χ0v) is 10.9. The second kappa shape index (κ2) is 5.52. The second-order valence-electron chi connectivity index (χ2n) is 4.35. The summed E-state index contributed by atoms with van der Waals surface area (Å²) in [7, 11) is 0. The van der Waals surface area contributed by atoms with Crippen molar-refractivity contribution in [1.82, 2.24) is 0 Å². The molecule has 0 bridgehead atoms. The number of carboxylic acid groups (broad SMARTS) is 1. The summed E-state index contributed by atoms with van der Waals surface area (Å²) in [5.41, 5.74) is -0.821. The van der Waals surface area contributed by atoms with E-state index in [4.69, 9.17) is 5.11 Å². The van der Waals surface area contributed by atoms with Gasteiger partial charge < -0.3 is 30.8 Å². The molecule has 8 heteroatoms. The first kappa shape index (κ1) is 15.0. The first-order valence-corrected chi connectivity index (χ1v) is 5.92. The third-order valence-electron chi connectivity index (χ3n) is 2.82. The van der Waals surface area contributed by atoms with Gasteiger partial charge >= 0.3 is 5.97 Å². The van der Waals surface area contributed by atoms with Gasteiger partial charge in [-0.05, 0) is 18.2 Å². The van der Waals surface area contributed by atoms with E-state index in [1.54, 1.807) is 0 Å². The van der Waals surface area contributed by atoms with Crippen LogP contribution in [-0.2, 0) is 0 Å². The minimum atomic E-state index is -1.37. The number of aromatic carboxylic acids is 1. The van der Waals surface area contributed by atoms with E-state index in [-0.39, 0.29) is 22.6 Å². The Morgan fingerprint density at radius 2 is 1.45 bits per heavy atom. The molecular weight excluding hydrogens is 294 g/mol. The third-order valence-corrected chi connectivity index (χ3v) is 2.82. The molecule has 0 aromatic heterocycles. The average Bonchev–Trinajstić information content (AvgIpc) is 2.44. The standard InChI is InChI=1S/C14H11NO7/c16-6-1-2-9(7(3-6)14(21)22)15-13(20)8-4-11(18)12(19)5-10(8)17/h1-5,16-19H,(H,15,20)(H,21,22). The molecule has 0 aliphatic rings. The summed E-state index contributed by atoms with van der Waals surface area (Å²) < 4.78 is 0. The van der Waals surface area contributed by atoms with Crippen LogP contribution in [0.15, 0.2) is 30.3 Å². The summed E-state index contributed by atoms with van der Waals surface area (Å²) in [6, 6.07) is 4.91. The molecule has 0 fully saturated rings. The van der Waals surface area contributed by atoms with Crippen LogP contribution in [0, 0.1) is 0 Å². The Kier molecular flexibility index (Phi) is 3.76. The number of benzene rings is 2. The SMILES string of the molecule is O=C(Nc1ccc(O)cc1C(=O)O)c1cc(O)c(O)cc1O. The number of hydrogen-bond acceptors (Lipinski definition) is 6. The maximum atomic E-state index is 12.0. The van der Waals surface area contributed by atoms with Crippen LogP contribution in [0.1, 0.15) is 20.7 Å². The fraction of sp³-hybridized carbons (Fsp3) is 0. The molecule has 2 aromatic carbocycles. The molecule has 0 spiro atoms. The Hall–Kier alpha value is -3.42. The Morgan fingerprint density at radius 3 is 2.09 bits per heavy atom. The van der Waals surface area contributed by atoms with Crippen LogP contribution in [0.3, 0.4) is 0 Å². The van der Waals surface area contributed by atoms with Gasteiger partial charge in [-0.2, -0.15) is 0 Å². The number of carbonyl (C=O) groups excluding carboxylic acids is 1. The minimum Gasteiger partial charge on any atom is -0.508 e. The van der Waals surface area contributed by atoms with E-state index in [0.717, 1.165) is 18.2 Å². The number of carboxylic acids is 1. The van der Waals surface area contributed by atoms with Gasteiger partial charge in [0.2, 0.25) is 0 Å². The van der Waals surface area contributed by atoms with Crippen LogP contribution in [0.2, 0.25) is 0 Å². The number of anilines is 1. The number of amides is 1. The highest BCUT2D eigenvalue weighted by atomic mass is 16.4. The number of hydrogen-bond donors (Lipinski definition) is 6. The Balaban J connectivity index is 2.38. The fourth-order valence-electron chi connectivity index (χ4n) is 1.76. The lowest BCUT2D eigenvalue weighted by Gasteiger charge is -2.10. The normalized spacial score (nSPS) is 10.2. The molecule has 6 N–H and O–H groups in total. The highest BCUT2D eigenvalue weighted by molar-refractivity contribution is 6.09. The summed E-state index contributed by atoms with van der Waals surface area (Å²) in [5.74, 6) is -4.38. The Labute approximate surface area is 123 Å². The van der Waals surface area contributed by atoms with Crippen molar-refractivity contribution in [3.63, 3.8) is 0 Å². The van der Waals surface area contributed by atoms with E-state index in [2.05, 4.69) is 5.32 Å². The van der Waals surface area contributed by atoms with Gasteiger partial charge in [-0.15, -0.1) is 0 Å². The van der Waals surface area contributed by atoms with Crippen molar-refractivity contribution in [3.8, 4) is 23.0 Å². The van der Waals surface area contributed by atoms with Crippen molar-refractivity contribution in [3.05, 3.63) is 41.5 Å². The van der Waals surface area contributed by atoms with Crippen LogP contribution in [0.4, 0.5) is 5.69 Å². The summed E-state index contributed by atoms with van der Waals surface area (Å²) in [4.78, 5) is 23.1. The van der Waals surface area contributed by atoms with Crippen LogP contribution < -0.4 is 5.32 Å². The predicted molar refractivity (Wildman–Crippen MR) is 74.5 cm³/mol. The van der Waals surface area contributed by atoms with E-state index in [1.165, 1.54) is 12.1 Å². The lowest BCUT2D eigenvalue weighted by atomic mass is 10.1. The van der Waals surface area contributed by atoms with Crippen molar-refractivity contribution in [1.29, 1.82) is 0 Å². The van der Waals surface area contributed by atoms with Gasteiger partial charge in [0, 0.05) is 12.1 Å². The van der Waals surface area contributed by atoms with Crippen LogP contribution in [-0.4, -0.2) is 37.4 Å². The van der Waals surface area contributed by atoms with E-state index >= 15 is 0 Å². The third kappa shape index (κ3) is 2.85. The van der Waals surface area contributed by atoms with Gasteiger partial charge in [-0.3, -0.25) is 4.79 Å². The van der Waals surface area contributed by atoms with E-state index in [1.807, 2.05) is 0 Å². The Morgan fingerprint density at radius 1 is 0.818 bits per heavy atom. The maximum Gasteiger partial charge on any atom is 0.337 e. The number of nitrogens with one attached hydrogen (secondary N) is 1. The number of aromatic hydroxyl groups is 4. The summed E-state index contributed by atoms with van der Waals surface area (Å²) in [6.45, 7) is 0. The summed E-state index contributed by atoms with van der Waals surface area (Å²) in [6.07, 6.45) is 0. The van der Waals surface area contributed by atoms with Crippen LogP contribution in [0.25, 0.3) is 0 Å². The second-order valence-corrected chi connectivity index (χ2v) is 4.35. The Bertz CT molecular complexity index is 770. The first-order valence-electron chi connectivity index (χ1n) is 5.92. The molecule has 8 nitrogen and oxygen atoms in total. The van der Waals surface area contributed by atoms with Gasteiger partial charge in [0.15, 0.2) is 11.5 Å². The summed E-state index contributed by atoms with van der Waals surface area (Å²) in [5, 5.41) is 48.7. The highest BCUT2D eigenvalue weighted by Crippen LogP contribution is 2.33. The zero-order chi connectivity index (χ0) is 16.4. The smallest absolute Gasteiger partial charge is 0.337 e. The van der Waals surface area contributed by atoms with Crippen molar-refractivity contribution in [2.24, 2.45) is 0 Å². The lowest BCUT2D eigenvalue weighted by Crippen LogP contribution is -2.15. The number of phenolic OH excluding ortho intramolecular Hbond substituents is 4. The monoisotopic (exact) mass is 305 g/mol. The molecule has 2 aromatic rings. The molecule has 22 heavy (non-hydrogen) atoms. The molecule has 0 saturated carbocycles. The van der Waals surface area contributed by atoms with Gasteiger partial charge in [-0.1, -0.05) is 0 Å². The van der Waals surface area contributed by atoms with Crippen molar-refractivity contribution in [2.45, 2.75) is 0 Å². The molecule has 114 valence electrons. The number of phenols is 4. The van der Waals surface area contributed by atoms with E-state index in [0.29, 0.717) is 0 Å². The molecule has 2 rings (SSSR count). The molecule has 0 aliphatic heterocycles.